The molecular weight excluding hydrogens is 350 g/mol. The van der Waals surface area contributed by atoms with Crippen molar-refractivity contribution in [1.29, 1.82) is 0 Å². The van der Waals surface area contributed by atoms with Crippen molar-refractivity contribution >= 4 is 17.8 Å². The summed E-state index contributed by atoms with van der Waals surface area (Å²) < 4.78 is 4.31. The lowest BCUT2D eigenvalue weighted by molar-refractivity contribution is -0.510. The Kier molecular flexibility index (Phi) is 5.08. The summed E-state index contributed by atoms with van der Waals surface area (Å²) in [5, 5.41) is 8.32. The van der Waals surface area contributed by atoms with E-state index in [0.29, 0.717) is 5.96 Å². The zero-order valence-electron chi connectivity index (χ0n) is 16.4. The molecule has 1 aromatic carbocycles. The summed E-state index contributed by atoms with van der Waals surface area (Å²) in [5.41, 5.74) is 10.5. The summed E-state index contributed by atoms with van der Waals surface area (Å²) in [7, 11) is 4.19. The predicted molar refractivity (Wildman–Crippen MR) is 112 cm³/mol. The van der Waals surface area contributed by atoms with Gasteiger partial charge in [0.05, 0.1) is 19.5 Å². The highest BCUT2D eigenvalue weighted by atomic mass is 15.4. The largest absolute Gasteiger partial charge is 0.368 e. The van der Waals surface area contributed by atoms with Crippen LogP contribution in [0.25, 0.3) is 16.9 Å². The summed E-state index contributed by atoms with van der Waals surface area (Å²) in [4.78, 5) is 4.35. The standard InChI is InChI=1S/C21H26N7/c1-25-11-13-27(14-12-25)21(22)24-23-15-17-6-8-18(9-7-17)19-16-28-10-4-3-5-20(28)26(19)2/h3-10,15-16H,11-14H2,1-2H3,(H2,22,24)/q+1/b23-15+. The summed E-state index contributed by atoms with van der Waals surface area (Å²) >= 11 is 0. The van der Waals surface area contributed by atoms with Gasteiger partial charge in [-0.25, -0.2) is 8.97 Å². The van der Waals surface area contributed by atoms with Gasteiger partial charge >= 0.3 is 0 Å². The number of nitrogens with two attached hydrogens (primary N) is 1. The molecule has 7 nitrogen and oxygen atoms in total. The van der Waals surface area contributed by atoms with Crippen LogP contribution in [-0.4, -0.2) is 59.8 Å². The van der Waals surface area contributed by atoms with E-state index < -0.39 is 0 Å². The normalized spacial score (nSPS) is 16.4. The van der Waals surface area contributed by atoms with E-state index in [1.54, 1.807) is 6.21 Å². The molecule has 0 saturated carbocycles. The Hall–Kier alpha value is -3.19. The zero-order chi connectivity index (χ0) is 19.5. The highest BCUT2D eigenvalue weighted by Crippen LogP contribution is 2.19. The average Bonchev–Trinajstić information content (AvgIpc) is 3.06. The van der Waals surface area contributed by atoms with E-state index in [2.05, 4.69) is 73.7 Å². The maximum atomic E-state index is 6.05. The number of benzene rings is 1. The molecule has 3 aromatic rings. The molecule has 3 heterocycles. The van der Waals surface area contributed by atoms with Crippen molar-refractivity contribution in [3.8, 4) is 11.3 Å². The van der Waals surface area contributed by atoms with E-state index in [0.717, 1.165) is 48.6 Å². The molecule has 0 amide bonds. The Morgan fingerprint density at radius 1 is 1.04 bits per heavy atom. The van der Waals surface area contributed by atoms with Crippen LogP contribution in [0.3, 0.4) is 0 Å². The van der Waals surface area contributed by atoms with Crippen molar-refractivity contribution in [2.45, 2.75) is 0 Å². The summed E-state index contributed by atoms with van der Waals surface area (Å²) in [6.07, 6.45) is 5.94. The SMILES string of the molecule is CN1CCN(/C(N)=N/N=C/c2ccc(-c3c[n+]4ccccc4n3C)cc2)CC1. The van der Waals surface area contributed by atoms with Crippen LogP contribution < -0.4 is 10.1 Å². The number of pyridine rings is 1. The molecule has 1 saturated heterocycles. The Bertz CT molecular complexity index is 1010. The predicted octanol–water partition coefficient (Wildman–Crippen LogP) is 1.33. The molecule has 1 aliphatic rings. The lowest BCUT2D eigenvalue weighted by Gasteiger charge is -2.32. The van der Waals surface area contributed by atoms with Crippen molar-refractivity contribution in [3.05, 3.63) is 60.4 Å². The molecule has 4 rings (SSSR count). The lowest BCUT2D eigenvalue weighted by atomic mass is 10.1. The molecule has 144 valence electrons. The fourth-order valence-electron chi connectivity index (χ4n) is 3.44. The van der Waals surface area contributed by atoms with Gasteiger partial charge in [-0.2, -0.15) is 5.10 Å². The van der Waals surface area contributed by atoms with Gasteiger partial charge in [0.25, 0.3) is 5.65 Å². The monoisotopic (exact) mass is 376 g/mol. The van der Waals surface area contributed by atoms with E-state index in [-0.39, 0.29) is 0 Å². The fraction of sp³-hybridized carbons (Fsp3) is 0.286. The molecular formula is C21H26N7+. The topological polar surface area (TPSA) is 66.2 Å². The number of hydrogen-bond acceptors (Lipinski definition) is 3. The van der Waals surface area contributed by atoms with Gasteiger partial charge in [-0.3, -0.25) is 0 Å². The van der Waals surface area contributed by atoms with Gasteiger partial charge in [0.1, 0.15) is 6.20 Å². The summed E-state index contributed by atoms with van der Waals surface area (Å²) in [6, 6.07) is 14.5. The minimum Gasteiger partial charge on any atom is -0.368 e. The summed E-state index contributed by atoms with van der Waals surface area (Å²) in [6.45, 7) is 3.76. The minimum absolute atomic E-state index is 0.480. The Balaban J connectivity index is 1.46. The minimum atomic E-state index is 0.480. The molecule has 28 heavy (non-hydrogen) atoms. The number of piperazine rings is 1. The van der Waals surface area contributed by atoms with Crippen LogP contribution in [0.2, 0.25) is 0 Å². The number of imidazole rings is 1. The molecule has 0 spiro atoms. The fourth-order valence-corrected chi connectivity index (χ4v) is 3.44. The number of aryl methyl sites for hydroxylation is 1. The number of fused-ring (bicyclic) bond motifs is 1. The quantitative estimate of drug-likeness (QED) is 0.325. The first-order valence-corrected chi connectivity index (χ1v) is 9.48. The zero-order valence-corrected chi connectivity index (χ0v) is 16.4. The van der Waals surface area contributed by atoms with Gasteiger partial charge < -0.3 is 15.5 Å². The van der Waals surface area contributed by atoms with Gasteiger partial charge in [0.2, 0.25) is 5.96 Å². The number of aromatic nitrogens is 2. The third-order valence-corrected chi connectivity index (χ3v) is 5.23. The molecule has 0 aliphatic carbocycles. The average molecular weight is 376 g/mol. The van der Waals surface area contributed by atoms with Crippen LogP contribution in [-0.2, 0) is 7.05 Å². The van der Waals surface area contributed by atoms with Crippen LogP contribution in [0.15, 0.2) is 65.1 Å². The number of guanidine groups is 1. The van der Waals surface area contributed by atoms with E-state index in [1.165, 1.54) is 0 Å². The highest BCUT2D eigenvalue weighted by Gasteiger charge is 2.16. The number of nitrogens with zero attached hydrogens (tertiary/aromatic N) is 6. The number of likely N-dealkylation sites (N-methyl/N-ethyl adjacent to an activating group) is 1. The van der Waals surface area contributed by atoms with Crippen molar-refractivity contribution in [1.82, 2.24) is 14.4 Å². The number of hydrogen-bond donors (Lipinski definition) is 1. The van der Waals surface area contributed by atoms with Gasteiger partial charge in [-0.05, 0) is 30.8 Å². The van der Waals surface area contributed by atoms with Crippen molar-refractivity contribution in [2.75, 3.05) is 33.2 Å². The Labute approximate surface area is 165 Å². The third kappa shape index (κ3) is 3.75. The highest BCUT2D eigenvalue weighted by molar-refractivity contribution is 5.83. The molecule has 0 unspecified atom stereocenters. The number of rotatable bonds is 3. The molecule has 0 radical (unpaired) electrons. The van der Waals surface area contributed by atoms with Gasteiger partial charge in [0.15, 0.2) is 5.69 Å². The molecule has 2 aromatic heterocycles. The second kappa shape index (κ2) is 7.82. The van der Waals surface area contributed by atoms with Crippen molar-refractivity contribution < 1.29 is 4.40 Å². The van der Waals surface area contributed by atoms with Gasteiger partial charge in [0, 0.05) is 37.8 Å². The first kappa shape index (κ1) is 18.2. The third-order valence-electron chi connectivity index (χ3n) is 5.23. The lowest BCUT2D eigenvalue weighted by Crippen LogP contribution is -2.49. The van der Waals surface area contributed by atoms with E-state index in [1.807, 2.05) is 24.3 Å². The molecule has 0 atom stereocenters. The smallest absolute Gasteiger partial charge is 0.286 e. The van der Waals surface area contributed by atoms with Crippen LogP contribution in [0.4, 0.5) is 0 Å². The first-order valence-electron chi connectivity index (χ1n) is 9.48. The van der Waals surface area contributed by atoms with E-state index in [9.17, 15) is 0 Å². The van der Waals surface area contributed by atoms with Crippen molar-refractivity contribution in [3.63, 3.8) is 0 Å². The molecule has 0 bridgehead atoms. The molecule has 2 N–H and O–H groups in total. The first-order chi connectivity index (χ1) is 13.6. The van der Waals surface area contributed by atoms with Crippen molar-refractivity contribution in [2.24, 2.45) is 23.0 Å². The summed E-state index contributed by atoms with van der Waals surface area (Å²) in [5.74, 6) is 0.480. The second-order valence-electron chi connectivity index (χ2n) is 7.15. The molecule has 7 heteroatoms. The Morgan fingerprint density at radius 2 is 1.79 bits per heavy atom. The Morgan fingerprint density at radius 3 is 2.50 bits per heavy atom. The molecule has 1 fully saturated rings. The van der Waals surface area contributed by atoms with E-state index in [4.69, 9.17) is 5.73 Å². The van der Waals surface area contributed by atoms with Crippen LogP contribution >= 0.6 is 0 Å². The van der Waals surface area contributed by atoms with Gasteiger partial charge in [-0.1, -0.05) is 18.2 Å². The van der Waals surface area contributed by atoms with E-state index >= 15 is 0 Å². The van der Waals surface area contributed by atoms with Gasteiger partial charge in [-0.15, -0.1) is 5.10 Å². The maximum absolute atomic E-state index is 6.05. The molecule has 1 aliphatic heterocycles. The second-order valence-corrected chi connectivity index (χ2v) is 7.15. The van der Waals surface area contributed by atoms with Crippen LogP contribution in [0, 0.1) is 0 Å². The van der Waals surface area contributed by atoms with Crippen LogP contribution in [0.1, 0.15) is 5.56 Å². The maximum Gasteiger partial charge on any atom is 0.286 e. The van der Waals surface area contributed by atoms with Crippen LogP contribution in [0.5, 0.6) is 0 Å².